The molecule has 2 aromatic carbocycles. The van der Waals surface area contributed by atoms with Gasteiger partial charge >= 0.3 is 6.18 Å². The van der Waals surface area contributed by atoms with Gasteiger partial charge in [-0.05, 0) is 17.7 Å². The van der Waals surface area contributed by atoms with E-state index < -0.39 is 11.7 Å². The summed E-state index contributed by atoms with van der Waals surface area (Å²) in [6.07, 6.45) is -4.40. The van der Waals surface area contributed by atoms with Crippen LogP contribution in [0.3, 0.4) is 0 Å². The van der Waals surface area contributed by atoms with E-state index in [-0.39, 0.29) is 5.69 Å². The van der Waals surface area contributed by atoms with Crippen molar-refractivity contribution in [2.75, 3.05) is 0 Å². The summed E-state index contributed by atoms with van der Waals surface area (Å²) in [4.78, 5) is 2.76. The van der Waals surface area contributed by atoms with Crippen LogP contribution >= 0.6 is 0 Å². The lowest BCUT2D eigenvalue weighted by Gasteiger charge is -2.06. The summed E-state index contributed by atoms with van der Waals surface area (Å²) in [7, 11) is 0. The zero-order valence-electron chi connectivity index (χ0n) is 10.7. The Balaban J connectivity index is 2.29. The molecule has 0 spiro atoms. The smallest absolute Gasteiger partial charge is 0.346 e. The molecule has 0 aliphatic heterocycles. The van der Waals surface area contributed by atoms with Crippen molar-refractivity contribution in [2.24, 2.45) is 0 Å². The largest absolute Gasteiger partial charge is 0.416 e. The minimum atomic E-state index is -4.40. The van der Waals surface area contributed by atoms with E-state index in [2.05, 4.69) is 4.98 Å². The van der Waals surface area contributed by atoms with Gasteiger partial charge in [0.25, 0.3) is 0 Å². The summed E-state index contributed by atoms with van der Waals surface area (Å²) in [6.45, 7) is 0. The van der Waals surface area contributed by atoms with Crippen molar-refractivity contribution in [2.45, 2.75) is 6.18 Å². The van der Waals surface area contributed by atoms with Crippen molar-refractivity contribution < 1.29 is 13.2 Å². The number of rotatable bonds is 1. The third-order valence-electron chi connectivity index (χ3n) is 3.30. The van der Waals surface area contributed by atoms with Gasteiger partial charge in [-0.3, -0.25) is 0 Å². The first-order valence-corrected chi connectivity index (χ1v) is 6.19. The highest BCUT2D eigenvalue weighted by Gasteiger charge is 2.31. The summed E-state index contributed by atoms with van der Waals surface area (Å²) in [5.74, 6) is 0. The summed E-state index contributed by atoms with van der Waals surface area (Å²) in [6, 6.07) is 14.6. The molecule has 0 aliphatic rings. The number of nitrogens with one attached hydrogen (secondary N) is 1. The number of H-pyrrole nitrogens is 1. The fourth-order valence-electron chi connectivity index (χ4n) is 2.36. The van der Waals surface area contributed by atoms with E-state index in [9.17, 15) is 18.4 Å². The molecule has 0 bridgehead atoms. The maximum absolute atomic E-state index is 12.7. The molecule has 1 aromatic heterocycles. The molecule has 1 heterocycles. The van der Waals surface area contributed by atoms with Crippen molar-refractivity contribution in [3.63, 3.8) is 0 Å². The Labute approximate surface area is 118 Å². The van der Waals surface area contributed by atoms with Crippen molar-refractivity contribution in [3.8, 4) is 17.2 Å². The molecule has 21 heavy (non-hydrogen) atoms. The third kappa shape index (κ3) is 2.25. The fraction of sp³-hybridized carbons (Fsp3) is 0.0625. The van der Waals surface area contributed by atoms with Gasteiger partial charge < -0.3 is 4.98 Å². The minimum Gasteiger partial charge on any atom is -0.346 e. The van der Waals surface area contributed by atoms with Crippen LogP contribution in [0.2, 0.25) is 0 Å². The maximum atomic E-state index is 12.7. The average molecular weight is 286 g/mol. The number of alkyl halides is 3. The van der Waals surface area contributed by atoms with Crippen LogP contribution in [-0.4, -0.2) is 4.98 Å². The number of nitriles is 1. The molecule has 0 saturated heterocycles. The van der Waals surface area contributed by atoms with Crippen molar-refractivity contribution in [1.29, 1.82) is 5.26 Å². The number of hydrogen-bond donors (Lipinski definition) is 1. The second-order valence-electron chi connectivity index (χ2n) is 4.61. The summed E-state index contributed by atoms with van der Waals surface area (Å²) >= 11 is 0. The number of hydrogen-bond acceptors (Lipinski definition) is 1. The molecular weight excluding hydrogens is 277 g/mol. The molecule has 3 aromatic rings. The highest BCUT2D eigenvalue weighted by atomic mass is 19.4. The Hall–Kier alpha value is -2.74. The standard InChI is InChI=1S/C16H9F3N2/c17-16(18,19)11-6-7-12-13(8-11)21-14(9-20)15(12)10-4-2-1-3-5-10/h1-8,21H. The average Bonchev–Trinajstić information content (AvgIpc) is 2.84. The number of aromatic nitrogens is 1. The summed E-state index contributed by atoms with van der Waals surface area (Å²) in [5, 5.41) is 9.81. The lowest BCUT2D eigenvalue weighted by molar-refractivity contribution is -0.137. The molecule has 0 aliphatic carbocycles. The fourth-order valence-corrected chi connectivity index (χ4v) is 2.36. The highest BCUT2D eigenvalue weighted by molar-refractivity contribution is 5.99. The van der Waals surface area contributed by atoms with Gasteiger partial charge in [-0.1, -0.05) is 36.4 Å². The zero-order chi connectivity index (χ0) is 15.0. The van der Waals surface area contributed by atoms with Gasteiger partial charge in [-0.15, -0.1) is 0 Å². The summed E-state index contributed by atoms with van der Waals surface area (Å²) < 4.78 is 38.2. The Morgan fingerprint density at radius 1 is 1.00 bits per heavy atom. The quantitative estimate of drug-likeness (QED) is 0.690. The van der Waals surface area contributed by atoms with Gasteiger partial charge in [0.2, 0.25) is 0 Å². The topological polar surface area (TPSA) is 39.6 Å². The van der Waals surface area contributed by atoms with Crippen LogP contribution in [0.15, 0.2) is 48.5 Å². The van der Waals surface area contributed by atoms with Crippen molar-refractivity contribution in [1.82, 2.24) is 4.98 Å². The van der Waals surface area contributed by atoms with E-state index in [0.717, 1.165) is 17.7 Å². The minimum absolute atomic E-state index is 0.260. The van der Waals surface area contributed by atoms with Gasteiger partial charge in [0.1, 0.15) is 11.8 Å². The molecular formula is C16H9F3N2. The molecule has 5 heteroatoms. The predicted molar refractivity (Wildman–Crippen MR) is 73.5 cm³/mol. The Morgan fingerprint density at radius 2 is 1.71 bits per heavy atom. The van der Waals surface area contributed by atoms with Gasteiger partial charge in [-0.25, -0.2) is 0 Å². The van der Waals surface area contributed by atoms with Gasteiger partial charge in [0.05, 0.1) is 5.56 Å². The molecule has 0 unspecified atom stereocenters. The molecule has 104 valence electrons. The van der Waals surface area contributed by atoms with Crippen molar-refractivity contribution in [3.05, 3.63) is 59.8 Å². The number of benzene rings is 2. The van der Waals surface area contributed by atoms with Gasteiger partial charge in [0, 0.05) is 16.5 Å². The van der Waals surface area contributed by atoms with E-state index in [1.165, 1.54) is 6.07 Å². The molecule has 0 atom stereocenters. The Morgan fingerprint density at radius 3 is 2.33 bits per heavy atom. The Bertz CT molecular complexity index is 840. The van der Waals surface area contributed by atoms with Crippen LogP contribution in [0.25, 0.3) is 22.0 Å². The van der Waals surface area contributed by atoms with Gasteiger partial charge in [-0.2, -0.15) is 18.4 Å². The number of nitrogens with zero attached hydrogens (tertiary/aromatic N) is 1. The van der Waals surface area contributed by atoms with E-state index in [0.29, 0.717) is 16.5 Å². The highest BCUT2D eigenvalue weighted by Crippen LogP contribution is 2.36. The molecule has 2 nitrogen and oxygen atoms in total. The summed E-state index contributed by atoms with van der Waals surface area (Å²) in [5.41, 5.74) is 1.25. The number of aromatic amines is 1. The van der Waals surface area contributed by atoms with E-state index >= 15 is 0 Å². The molecule has 3 rings (SSSR count). The number of halogens is 3. The first kappa shape index (κ1) is 13.3. The van der Waals surface area contributed by atoms with Crippen LogP contribution in [-0.2, 0) is 6.18 Å². The van der Waals surface area contributed by atoms with Crippen LogP contribution in [0.1, 0.15) is 11.3 Å². The SMILES string of the molecule is N#Cc1[nH]c2cc(C(F)(F)F)ccc2c1-c1ccccc1. The van der Waals surface area contributed by atoms with Crippen LogP contribution < -0.4 is 0 Å². The van der Waals surface area contributed by atoms with E-state index in [1.54, 1.807) is 0 Å². The second-order valence-corrected chi connectivity index (χ2v) is 4.61. The molecule has 0 fully saturated rings. The third-order valence-corrected chi connectivity index (χ3v) is 3.30. The first-order chi connectivity index (χ1) is 10.0. The van der Waals surface area contributed by atoms with Crippen LogP contribution in [0, 0.1) is 11.3 Å². The molecule has 0 saturated carbocycles. The molecule has 0 radical (unpaired) electrons. The second kappa shape index (κ2) is 4.67. The monoisotopic (exact) mass is 286 g/mol. The lowest BCUT2D eigenvalue weighted by atomic mass is 10.0. The zero-order valence-corrected chi connectivity index (χ0v) is 10.7. The predicted octanol–water partition coefficient (Wildman–Crippen LogP) is 4.73. The normalized spacial score (nSPS) is 11.5. The van der Waals surface area contributed by atoms with Crippen LogP contribution in [0.5, 0.6) is 0 Å². The van der Waals surface area contributed by atoms with Crippen molar-refractivity contribution >= 4 is 10.9 Å². The van der Waals surface area contributed by atoms with Crippen LogP contribution in [0.4, 0.5) is 13.2 Å². The molecule has 0 amide bonds. The van der Waals surface area contributed by atoms with E-state index in [4.69, 9.17) is 0 Å². The van der Waals surface area contributed by atoms with Gasteiger partial charge in [0.15, 0.2) is 0 Å². The Kier molecular flexibility index (Phi) is 2.95. The number of fused-ring (bicyclic) bond motifs is 1. The lowest BCUT2D eigenvalue weighted by Crippen LogP contribution is -2.04. The molecule has 1 N–H and O–H groups in total. The van der Waals surface area contributed by atoms with E-state index in [1.807, 2.05) is 36.4 Å². The first-order valence-electron chi connectivity index (χ1n) is 6.19. The maximum Gasteiger partial charge on any atom is 0.416 e.